The second-order valence-electron chi connectivity index (χ2n) is 6.52. The van der Waals surface area contributed by atoms with E-state index < -0.39 is 15.7 Å². The van der Waals surface area contributed by atoms with Crippen molar-refractivity contribution in [3.05, 3.63) is 64.8 Å². The van der Waals surface area contributed by atoms with Gasteiger partial charge in [0.1, 0.15) is 11.3 Å². The Balaban J connectivity index is 1.74. The summed E-state index contributed by atoms with van der Waals surface area (Å²) in [6.07, 6.45) is 0. The van der Waals surface area contributed by atoms with Gasteiger partial charge in [-0.25, -0.2) is 13.4 Å². The quantitative estimate of drug-likeness (QED) is 0.473. The maximum absolute atomic E-state index is 13.0. The van der Waals surface area contributed by atoms with E-state index in [0.717, 1.165) is 4.70 Å². The molecule has 154 valence electrons. The first-order valence-electron chi connectivity index (χ1n) is 9.05. The molecule has 0 unspecified atom stereocenters. The molecule has 2 aromatic carbocycles. The van der Waals surface area contributed by atoms with Gasteiger partial charge in [0.15, 0.2) is 9.84 Å². The highest BCUT2D eigenvalue weighted by atomic mass is 35.5. The summed E-state index contributed by atoms with van der Waals surface area (Å²) in [5.74, 6) is -0.250. The molecule has 7 nitrogen and oxygen atoms in total. The molecule has 0 aliphatic heterocycles. The lowest BCUT2D eigenvalue weighted by Gasteiger charge is -2.10. The predicted octanol–water partition coefficient (Wildman–Crippen LogP) is 4.49. The van der Waals surface area contributed by atoms with Crippen LogP contribution in [-0.4, -0.2) is 34.8 Å². The van der Waals surface area contributed by atoms with Crippen molar-refractivity contribution in [3.63, 3.8) is 0 Å². The maximum atomic E-state index is 13.0. The molecule has 4 aromatic rings. The van der Waals surface area contributed by atoms with Crippen molar-refractivity contribution in [2.24, 2.45) is 0 Å². The van der Waals surface area contributed by atoms with Crippen molar-refractivity contribution < 1.29 is 13.2 Å². The van der Waals surface area contributed by atoms with Crippen molar-refractivity contribution in [1.29, 1.82) is 0 Å². The van der Waals surface area contributed by atoms with Gasteiger partial charge in [-0.2, -0.15) is 9.78 Å². The normalized spacial score (nSPS) is 11.7. The number of carbonyl (C=O) groups is 1. The maximum Gasteiger partial charge on any atom is 0.258 e. The molecule has 4 rings (SSSR count). The molecule has 0 bridgehead atoms. The third-order valence-corrected chi connectivity index (χ3v) is 7.55. The number of sulfone groups is 1. The Hall–Kier alpha value is -2.75. The van der Waals surface area contributed by atoms with Gasteiger partial charge in [0.25, 0.3) is 5.91 Å². The summed E-state index contributed by atoms with van der Waals surface area (Å²) in [7, 11) is -3.55. The molecule has 2 heterocycles. The van der Waals surface area contributed by atoms with E-state index in [0.29, 0.717) is 27.2 Å². The van der Waals surface area contributed by atoms with Crippen LogP contribution in [0, 0.1) is 6.92 Å². The number of halogens is 1. The number of carbonyl (C=O) groups excluding carboxylic acids is 1. The minimum atomic E-state index is -3.55. The molecular formula is C20H17ClN4O3S2. The molecule has 0 radical (unpaired) electrons. The van der Waals surface area contributed by atoms with Crippen LogP contribution in [0.2, 0.25) is 5.02 Å². The van der Waals surface area contributed by atoms with Crippen molar-refractivity contribution in [3.8, 4) is 5.13 Å². The van der Waals surface area contributed by atoms with Gasteiger partial charge in [0.05, 0.1) is 31.6 Å². The second kappa shape index (κ2) is 7.82. The number of thiazole rings is 1. The summed E-state index contributed by atoms with van der Waals surface area (Å²) >= 11 is 7.61. The van der Waals surface area contributed by atoms with Crippen LogP contribution in [0.3, 0.4) is 0 Å². The van der Waals surface area contributed by atoms with Crippen molar-refractivity contribution >= 4 is 54.7 Å². The first kappa shape index (κ1) is 20.5. The minimum absolute atomic E-state index is 0.000411. The van der Waals surface area contributed by atoms with Crippen molar-refractivity contribution in [2.75, 3.05) is 11.1 Å². The summed E-state index contributed by atoms with van der Waals surface area (Å²) in [6.45, 7) is 3.34. The molecule has 0 atom stereocenters. The Morgan fingerprint density at radius 3 is 2.70 bits per heavy atom. The van der Waals surface area contributed by atoms with Crippen LogP contribution in [-0.2, 0) is 9.84 Å². The van der Waals surface area contributed by atoms with Gasteiger partial charge in [-0.1, -0.05) is 48.1 Å². The number of benzene rings is 2. The fraction of sp³-hybridized carbons (Fsp3) is 0.150. The molecule has 1 N–H and O–H groups in total. The minimum Gasteiger partial charge on any atom is -0.306 e. The third-order valence-electron chi connectivity index (χ3n) is 4.46. The molecule has 0 aliphatic carbocycles. The number of rotatable bonds is 5. The summed E-state index contributed by atoms with van der Waals surface area (Å²) < 4.78 is 27.2. The highest BCUT2D eigenvalue weighted by Gasteiger charge is 2.22. The van der Waals surface area contributed by atoms with E-state index in [2.05, 4.69) is 15.4 Å². The number of nitrogens with one attached hydrogen (secondary N) is 1. The molecule has 0 fully saturated rings. The van der Waals surface area contributed by atoms with Crippen LogP contribution < -0.4 is 5.32 Å². The monoisotopic (exact) mass is 460 g/mol. The van der Waals surface area contributed by atoms with Gasteiger partial charge in [0, 0.05) is 6.07 Å². The Morgan fingerprint density at radius 2 is 1.97 bits per heavy atom. The Kier molecular flexibility index (Phi) is 5.35. The van der Waals surface area contributed by atoms with Crippen LogP contribution >= 0.6 is 22.9 Å². The number of hydrogen-bond donors (Lipinski definition) is 1. The molecule has 0 saturated heterocycles. The molecular weight excluding hydrogens is 444 g/mol. The van der Waals surface area contributed by atoms with Crippen LogP contribution in [0.4, 0.5) is 5.82 Å². The van der Waals surface area contributed by atoms with Crippen LogP contribution in [0.1, 0.15) is 23.0 Å². The predicted molar refractivity (Wildman–Crippen MR) is 119 cm³/mol. The third kappa shape index (κ3) is 3.71. The lowest BCUT2D eigenvalue weighted by atomic mass is 10.2. The first-order chi connectivity index (χ1) is 14.3. The van der Waals surface area contributed by atoms with Crippen LogP contribution in [0.5, 0.6) is 0 Å². The number of aryl methyl sites for hydroxylation is 1. The lowest BCUT2D eigenvalue weighted by Crippen LogP contribution is -2.19. The number of anilines is 1. The number of hydrogen-bond acceptors (Lipinski definition) is 6. The largest absolute Gasteiger partial charge is 0.306 e. The van der Waals surface area contributed by atoms with Gasteiger partial charge in [-0.05, 0) is 31.2 Å². The highest BCUT2D eigenvalue weighted by molar-refractivity contribution is 7.91. The molecule has 1 amide bonds. The molecule has 0 aliphatic rings. The van der Waals surface area contributed by atoms with Crippen molar-refractivity contribution in [2.45, 2.75) is 18.7 Å². The van der Waals surface area contributed by atoms with Gasteiger partial charge in [0.2, 0.25) is 5.13 Å². The van der Waals surface area contributed by atoms with E-state index >= 15 is 0 Å². The standard InChI is InChI=1S/C20H17ClN4O3S2/c1-3-30(27,28)16-10-5-4-7-13(16)19(26)22-17-11-12(2)24-25(17)20-23-18-14(21)8-6-9-15(18)29-20/h4-11H,3H2,1-2H3,(H,22,26). The van der Waals surface area contributed by atoms with Crippen LogP contribution in [0.25, 0.3) is 15.3 Å². The molecule has 30 heavy (non-hydrogen) atoms. The van der Waals surface area contributed by atoms with E-state index in [1.807, 2.05) is 12.1 Å². The van der Waals surface area contributed by atoms with E-state index in [-0.39, 0.29) is 16.2 Å². The number of aromatic nitrogens is 3. The summed E-state index contributed by atoms with van der Waals surface area (Å²) in [5, 5.41) is 8.27. The molecule has 0 saturated carbocycles. The van der Waals surface area contributed by atoms with E-state index in [4.69, 9.17) is 11.6 Å². The molecule has 0 spiro atoms. The van der Waals surface area contributed by atoms with Gasteiger partial charge in [-0.15, -0.1) is 0 Å². The fourth-order valence-electron chi connectivity index (χ4n) is 2.99. The fourth-order valence-corrected chi connectivity index (χ4v) is 5.32. The average Bonchev–Trinajstić information content (AvgIpc) is 3.32. The summed E-state index contributed by atoms with van der Waals surface area (Å²) in [6, 6.07) is 13.4. The van der Waals surface area contributed by atoms with E-state index in [1.54, 1.807) is 38.1 Å². The number of nitrogens with zero attached hydrogens (tertiary/aromatic N) is 3. The Bertz CT molecular complexity index is 1380. The highest BCUT2D eigenvalue weighted by Crippen LogP contribution is 2.31. The summed E-state index contributed by atoms with van der Waals surface area (Å²) in [4.78, 5) is 17.5. The zero-order valence-electron chi connectivity index (χ0n) is 16.1. The topological polar surface area (TPSA) is 94.0 Å². The van der Waals surface area contributed by atoms with Crippen molar-refractivity contribution in [1.82, 2.24) is 14.8 Å². The molecule has 10 heteroatoms. The summed E-state index contributed by atoms with van der Waals surface area (Å²) in [5.41, 5.74) is 1.41. The SMILES string of the molecule is CCS(=O)(=O)c1ccccc1C(=O)Nc1cc(C)nn1-c1nc2c(Cl)cccc2s1. The smallest absolute Gasteiger partial charge is 0.258 e. The van der Waals surface area contributed by atoms with Gasteiger partial charge < -0.3 is 5.32 Å². The van der Waals surface area contributed by atoms with Crippen LogP contribution in [0.15, 0.2) is 53.4 Å². The number of para-hydroxylation sites is 1. The number of fused-ring (bicyclic) bond motifs is 1. The van der Waals surface area contributed by atoms with E-state index in [9.17, 15) is 13.2 Å². The van der Waals surface area contributed by atoms with E-state index in [1.165, 1.54) is 28.2 Å². The Labute approximate surface area is 182 Å². The second-order valence-corrected chi connectivity index (χ2v) is 10.2. The van der Waals surface area contributed by atoms with Gasteiger partial charge >= 0.3 is 0 Å². The average molecular weight is 461 g/mol. The zero-order chi connectivity index (χ0) is 21.5. The Morgan fingerprint density at radius 1 is 1.20 bits per heavy atom. The van der Waals surface area contributed by atoms with Gasteiger partial charge in [-0.3, -0.25) is 4.79 Å². The lowest BCUT2D eigenvalue weighted by molar-refractivity contribution is 0.102. The molecule has 2 aromatic heterocycles. The number of amides is 1. The first-order valence-corrected chi connectivity index (χ1v) is 11.9. The zero-order valence-corrected chi connectivity index (χ0v) is 18.5.